The van der Waals surface area contributed by atoms with Gasteiger partial charge in [-0.25, -0.2) is 13.1 Å². The van der Waals surface area contributed by atoms with Crippen LogP contribution in [0.1, 0.15) is 37.2 Å². The molecule has 0 unspecified atom stereocenters. The molecule has 1 fully saturated rings. The minimum atomic E-state index is -3.51. The molecule has 0 spiro atoms. The summed E-state index contributed by atoms with van der Waals surface area (Å²) in [5, 5.41) is 8.91. The molecule has 1 aliphatic carbocycles. The largest absolute Gasteiger partial charge is 0.462 e. The van der Waals surface area contributed by atoms with Gasteiger partial charge < -0.3 is 9.52 Å². The molecule has 1 aromatic heterocycles. The molecular formula is C12H19NO4S. The summed E-state index contributed by atoms with van der Waals surface area (Å²) in [7, 11) is -3.51. The van der Waals surface area contributed by atoms with Crippen LogP contribution in [-0.4, -0.2) is 20.1 Å². The van der Waals surface area contributed by atoms with Crippen LogP contribution in [0.3, 0.4) is 0 Å². The van der Waals surface area contributed by atoms with Crippen molar-refractivity contribution in [2.45, 2.75) is 44.1 Å². The van der Waals surface area contributed by atoms with Crippen molar-refractivity contribution in [3.63, 3.8) is 0 Å². The van der Waals surface area contributed by atoms with Crippen molar-refractivity contribution >= 4 is 10.0 Å². The third kappa shape index (κ3) is 3.34. The van der Waals surface area contributed by atoms with Crippen LogP contribution in [-0.2, 0) is 16.6 Å². The molecule has 2 rings (SSSR count). The van der Waals surface area contributed by atoms with Crippen LogP contribution >= 0.6 is 0 Å². The molecule has 0 atom stereocenters. The van der Waals surface area contributed by atoms with Crippen LogP contribution in [0.15, 0.2) is 15.4 Å². The molecule has 0 bridgehead atoms. The second kappa shape index (κ2) is 5.42. The van der Waals surface area contributed by atoms with Crippen molar-refractivity contribution in [1.29, 1.82) is 0 Å². The van der Waals surface area contributed by atoms with Gasteiger partial charge in [-0.2, -0.15) is 0 Å². The van der Waals surface area contributed by atoms with Crippen LogP contribution < -0.4 is 4.72 Å². The summed E-state index contributed by atoms with van der Waals surface area (Å²) in [5.74, 6) is 1.39. The smallest absolute Gasteiger partial charge is 0.244 e. The van der Waals surface area contributed by atoms with Crippen LogP contribution in [0.25, 0.3) is 0 Å². The van der Waals surface area contributed by atoms with Gasteiger partial charge in [0, 0.05) is 12.6 Å². The Bertz CT molecular complexity index is 502. The third-order valence-electron chi connectivity index (χ3n) is 3.15. The Morgan fingerprint density at radius 3 is 2.78 bits per heavy atom. The van der Waals surface area contributed by atoms with Gasteiger partial charge >= 0.3 is 0 Å². The van der Waals surface area contributed by atoms with E-state index in [1.807, 2.05) is 0 Å². The van der Waals surface area contributed by atoms with E-state index in [1.165, 1.54) is 18.9 Å². The first-order valence-corrected chi connectivity index (χ1v) is 7.71. The fraction of sp³-hybridized carbons (Fsp3) is 0.667. The van der Waals surface area contributed by atoms with E-state index in [0.717, 1.165) is 18.8 Å². The van der Waals surface area contributed by atoms with Crippen LogP contribution in [0.5, 0.6) is 0 Å². The van der Waals surface area contributed by atoms with Crippen LogP contribution in [0.2, 0.25) is 0 Å². The highest BCUT2D eigenvalue weighted by Gasteiger charge is 2.22. The fourth-order valence-corrected chi connectivity index (χ4v) is 3.23. The number of aliphatic hydroxyl groups is 1. The summed E-state index contributed by atoms with van der Waals surface area (Å²) >= 11 is 0. The molecule has 1 aromatic rings. The van der Waals surface area contributed by atoms with Crippen molar-refractivity contribution in [3.05, 3.63) is 17.6 Å². The third-order valence-corrected chi connectivity index (χ3v) is 4.72. The zero-order chi connectivity index (χ0) is 13.2. The van der Waals surface area contributed by atoms with Crippen molar-refractivity contribution in [1.82, 2.24) is 4.72 Å². The number of hydrogen-bond donors (Lipinski definition) is 2. The maximum absolute atomic E-state index is 12.0. The summed E-state index contributed by atoms with van der Waals surface area (Å²) in [5.41, 5.74) is 0. The summed E-state index contributed by atoms with van der Waals surface area (Å²) < 4.78 is 31.7. The lowest BCUT2D eigenvalue weighted by molar-refractivity contribution is 0.244. The summed E-state index contributed by atoms with van der Waals surface area (Å²) in [4.78, 5) is 0.123. The van der Waals surface area contributed by atoms with Crippen molar-refractivity contribution in [2.75, 3.05) is 6.54 Å². The molecule has 0 saturated heterocycles. The highest BCUT2D eigenvalue weighted by molar-refractivity contribution is 7.89. The molecule has 5 nitrogen and oxygen atoms in total. The first-order valence-electron chi connectivity index (χ1n) is 6.23. The number of aliphatic hydroxyl groups excluding tert-OH is 1. The first-order chi connectivity index (χ1) is 8.53. The van der Waals surface area contributed by atoms with E-state index in [0.29, 0.717) is 12.3 Å². The van der Waals surface area contributed by atoms with Crippen LogP contribution in [0, 0.1) is 12.8 Å². The Labute approximate surface area is 107 Å². The van der Waals surface area contributed by atoms with E-state index in [-0.39, 0.29) is 17.3 Å². The van der Waals surface area contributed by atoms with E-state index in [4.69, 9.17) is 9.52 Å². The Hall–Kier alpha value is -0.850. The first kappa shape index (κ1) is 13.6. The van der Waals surface area contributed by atoms with Gasteiger partial charge in [-0.1, -0.05) is 12.8 Å². The Morgan fingerprint density at radius 1 is 1.50 bits per heavy atom. The van der Waals surface area contributed by atoms with Gasteiger partial charge in [-0.3, -0.25) is 0 Å². The maximum Gasteiger partial charge on any atom is 0.244 e. The average Bonchev–Trinajstić information content (AvgIpc) is 3.06. The zero-order valence-electron chi connectivity index (χ0n) is 10.5. The molecule has 1 aliphatic rings. The minimum absolute atomic E-state index is 0.123. The molecule has 0 amide bonds. The molecule has 18 heavy (non-hydrogen) atoms. The van der Waals surface area contributed by atoms with E-state index >= 15 is 0 Å². The zero-order valence-corrected chi connectivity index (χ0v) is 11.3. The number of nitrogens with one attached hydrogen (secondary N) is 1. The highest BCUT2D eigenvalue weighted by Crippen LogP contribution is 2.33. The van der Waals surface area contributed by atoms with E-state index in [1.54, 1.807) is 6.92 Å². The van der Waals surface area contributed by atoms with Gasteiger partial charge in [0.25, 0.3) is 0 Å². The fourth-order valence-electron chi connectivity index (χ4n) is 1.95. The van der Waals surface area contributed by atoms with Crippen molar-refractivity contribution in [2.24, 2.45) is 5.92 Å². The number of aryl methyl sites for hydroxylation is 1. The van der Waals surface area contributed by atoms with E-state index < -0.39 is 10.0 Å². The van der Waals surface area contributed by atoms with Gasteiger partial charge in [0.2, 0.25) is 10.0 Å². The molecule has 1 saturated carbocycles. The summed E-state index contributed by atoms with van der Waals surface area (Å²) in [6.07, 6.45) is 4.53. The minimum Gasteiger partial charge on any atom is -0.462 e. The normalized spacial score (nSPS) is 16.1. The maximum atomic E-state index is 12.0. The quantitative estimate of drug-likeness (QED) is 0.739. The van der Waals surface area contributed by atoms with Gasteiger partial charge in [0.05, 0.1) is 0 Å². The number of sulfonamides is 1. The molecule has 1 heterocycles. The Morgan fingerprint density at radius 2 is 2.22 bits per heavy atom. The van der Waals surface area contributed by atoms with Gasteiger partial charge in [0.15, 0.2) is 0 Å². The molecule has 0 radical (unpaired) electrons. The SMILES string of the molecule is Cc1oc(CO)cc1S(=O)(=O)NCCCC1CC1. The number of hydrogen-bond acceptors (Lipinski definition) is 4. The lowest BCUT2D eigenvalue weighted by Gasteiger charge is -2.04. The monoisotopic (exact) mass is 273 g/mol. The summed E-state index contributed by atoms with van der Waals surface area (Å²) in [6.45, 7) is 1.74. The lowest BCUT2D eigenvalue weighted by atomic mass is 10.2. The van der Waals surface area contributed by atoms with Crippen molar-refractivity contribution in [3.8, 4) is 0 Å². The Balaban J connectivity index is 1.93. The lowest BCUT2D eigenvalue weighted by Crippen LogP contribution is -2.25. The standard InChI is InChI=1S/C12H19NO4S/c1-9-12(7-11(8-14)17-9)18(15,16)13-6-2-3-10-4-5-10/h7,10,13-14H,2-6,8H2,1H3. The molecular weight excluding hydrogens is 254 g/mol. The number of rotatable bonds is 7. The second-order valence-corrected chi connectivity index (χ2v) is 6.51. The predicted molar refractivity (Wildman–Crippen MR) is 66.5 cm³/mol. The molecule has 102 valence electrons. The average molecular weight is 273 g/mol. The van der Waals surface area contributed by atoms with Crippen molar-refractivity contribution < 1.29 is 17.9 Å². The highest BCUT2D eigenvalue weighted by atomic mass is 32.2. The molecule has 6 heteroatoms. The summed E-state index contributed by atoms with van der Waals surface area (Å²) in [6, 6.07) is 1.37. The van der Waals surface area contributed by atoms with E-state index in [2.05, 4.69) is 4.72 Å². The Kier molecular flexibility index (Phi) is 4.09. The number of furan rings is 1. The van der Waals surface area contributed by atoms with Gasteiger partial charge in [0.1, 0.15) is 23.0 Å². The molecule has 2 N–H and O–H groups in total. The van der Waals surface area contributed by atoms with Gasteiger partial charge in [-0.05, 0) is 25.7 Å². The van der Waals surface area contributed by atoms with Crippen LogP contribution in [0.4, 0.5) is 0 Å². The topological polar surface area (TPSA) is 79.5 Å². The second-order valence-electron chi connectivity index (χ2n) is 4.77. The molecule has 0 aromatic carbocycles. The van der Waals surface area contributed by atoms with E-state index in [9.17, 15) is 8.42 Å². The molecule has 0 aliphatic heterocycles. The van der Waals surface area contributed by atoms with Gasteiger partial charge in [-0.15, -0.1) is 0 Å². The predicted octanol–water partition coefficient (Wildman–Crippen LogP) is 1.55.